The van der Waals surface area contributed by atoms with Gasteiger partial charge in [-0.05, 0) is 13.8 Å². The number of hydrogen-bond acceptors (Lipinski definition) is 7. The zero-order valence-electron chi connectivity index (χ0n) is 10.8. The third kappa shape index (κ3) is 3.30. The smallest absolute Gasteiger partial charge is 0.449 e. The lowest BCUT2D eigenvalue weighted by molar-refractivity contribution is -0.160. The topological polar surface area (TPSA) is 88.1 Å². The summed E-state index contributed by atoms with van der Waals surface area (Å²) in [6.45, 7) is 3.22. The van der Waals surface area contributed by atoms with Gasteiger partial charge in [-0.25, -0.2) is 4.79 Å². The molecule has 21 heavy (non-hydrogen) atoms. The molecule has 11 heteroatoms. The van der Waals surface area contributed by atoms with Gasteiger partial charge in [-0.2, -0.15) is 21.6 Å². The molecule has 0 aliphatic carbocycles. The molecule has 0 spiro atoms. The first-order chi connectivity index (χ1) is 9.41. The van der Waals surface area contributed by atoms with E-state index in [1.807, 2.05) is 0 Å². The van der Waals surface area contributed by atoms with Crippen LogP contribution in [0.15, 0.2) is 11.8 Å². The van der Waals surface area contributed by atoms with Crippen molar-refractivity contribution in [1.29, 1.82) is 0 Å². The van der Waals surface area contributed by atoms with Crippen molar-refractivity contribution in [3.8, 4) is 0 Å². The van der Waals surface area contributed by atoms with Gasteiger partial charge in [0.25, 0.3) is 0 Å². The molecule has 2 aliphatic heterocycles. The fourth-order valence-corrected chi connectivity index (χ4v) is 2.18. The zero-order chi connectivity index (χ0) is 16.1. The molecule has 0 bridgehead atoms. The number of rotatable bonds is 3. The fraction of sp³-hybridized carbons (Fsp3) is 0.700. The van der Waals surface area contributed by atoms with E-state index in [1.54, 1.807) is 13.8 Å². The van der Waals surface area contributed by atoms with E-state index in [0.717, 1.165) is 6.08 Å². The molecule has 0 unspecified atom stereocenters. The van der Waals surface area contributed by atoms with Gasteiger partial charge in [0.1, 0.15) is 6.10 Å². The summed E-state index contributed by atoms with van der Waals surface area (Å²) in [5.41, 5.74) is -5.64. The van der Waals surface area contributed by atoms with Crippen LogP contribution in [0.2, 0.25) is 0 Å². The summed E-state index contributed by atoms with van der Waals surface area (Å²) < 4.78 is 77.2. The van der Waals surface area contributed by atoms with Crippen molar-refractivity contribution in [2.45, 2.75) is 37.4 Å². The molecule has 0 aromatic rings. The second-order valence-corrected chi connectivity index (χ2v) is 6.29. The van der Waals surface area contributed by atoms with Crippen LogP contribution in [0.5, 0.6) is 0 Å². The number of carbonyl (C=O) groups excluding carboxylic acids is 1. The van der Waals surface area contributed by atoms with E-state index in [4.69, 9.17) is 14.2 Å². The molecule has 2 atom stereocenters. The lowest BCUT2D eigenvalue weighted by Gasteiger charge is -2.19. The molecule has 2 heterocycles. The average Bonchev–Trinajstić information content (AvgIpc) is 2.81. The van der Waals surface area contributed by atoms with Crippen LogP contribution >= 0.6 is 0 Å². The Bertz CT molecular complexity index is 578. The maximum Gasteiger partial charge on any atom is 0.534 e. The number of carbonyl (C=O) groups is 1. The molecule has 0 aromatic heterocycles. The molecular formula is C10H11F3O7S. The van der Waals surface area contributed by atoms with E-state index >= 15 is 0 Å². The van der Waals surface area contributed by atoms with E-state index in [-0.39, 0.29) is 6.61 Å². The molecule has 0 radical (unpaired) electrons. The van der Waals surface area contributed by atoms with Crippen molar-refractivity contribution in [3.63, 3.8) is 0 Å². The van der Waals surface area contributed by atoms with E-state index < -0.39 is 45.3 Å². The fourth-order valence-electron chi connectivity index (χ4n) is 1.72. The minimum atomic E-state index is -5.93. The van der Waals surface area contributed by atoms with Crippen molar-refractivity contribution >= 4 is 16.1 Å². The van der Waals surface area contributed by atoms with Crippen LogP contribution in [0.4, 0.5) is 13.2 Å². The van der Waals surface area contributed by atoms with Gasteiger partial charge in [0.05, 0.1) is 6.61 Å². The number of esters is 1. The van der Waals surface area contributed by atoms with E-state index in [1.165, 1.54) is 0 Å². The molecule has 1 fully saturated rings. The molecule has 7 nitrogen and oxygen atoms in total. The second kappa shape index (κ2) is 4.85. The number of ether oxygens (including phenoxy) is 3. The van der Waals surface area contributed by atoms with Gasteiger partial charge in [0.2, 0.25) is 5.76 Å². The Labute approximate surface area is 117 Å². The predicted molar refractivity (Wildman–Crippen MR) is 58.9 cm³/mol. The van der Waals surface area contributed by atoms with Crippen molar-refractivity contribution in [2.75, 3.05) is 6.61 Å². The van der Waals surface area contributed by atoms with E-state index in [9.17, 15) is 26.4 Å². The van der Waals surface area contributed by atoms with E-state index in [2.05, 4.69) is 4.18 Å². The summed E-state index contributed by atoms with van der Waals surface area (Å²) in [5.74, 6) is -3.31. The van der Waals surface area contributed by atoms with Gasteiger partial charge in [0.15, 0.2) is 11.9 Å². The Hall–Kier alpha value is -1.33. The van der Waals surface area contributed by atoms with Crippen LogP contribution in [0, 0.1) is 0 Å². The highest BCUT2D eigenvalue weighted by atomic mass is 32.2. The highest BCUT2D eigenvalue weighted by molar-refractivity contribution is 7.87. The quantitative estimate of drug-likeness (QED) is 0.429. The van der Waals surface area contributed by atoms with Crippen molar-refractivity contribution in [3.05, 3.63) is 11.8 Å². The molecule has 0 saturated carbocycles. The van der Waals surface area contributed by atoms with Crippen molar-refractivity contribution in [1.82, 2.24) is 0 Å². The van der Waals surface area contributed by atoms with Crippen LogP contribution in [0.25, 0.3) is 0 Å². The summed E-state index contributed by atoms with van der Waals surface area (Å²) in [4.78, 5) is 11.4. The Morgan fingerprint density at radius 3 is 2.48 bits per heavy atom. The standard InChI is InChI=1S/C10H11F3O7S/c1-9(2)17-4-7(19-9)5-3-6(8(14)18-5)20-21(15,16)10(11,12)13/h3,5,7H,4H2,1-2H3/t5-,7+/m1/s1. The van der Waals surface area contributed by atoms with Gasteiger partial charge < -0.3 is 18.4 Å². The van der Waals surface area contributed by atoms with Gasteiger partial charge in [-0.3, -0.25) is 0 Å². The Balaban J connectivity index is 2.12. The molecular weight excluding hydrogens is 321 g/mol. The van der Waals surface area contributed by atoms with Crippen LogP contribution in [-0.4, -0.2) is 44.5 Å². The largest absolute Gasteiger partial charge is 0.534 e. The highest BCUT2D eigenvalue weighted by Gasteiger charge is 2.51. The first-order valence-corrected chi connectivity index (χ1v) is 7.07. The summed E-state index contributed by atoms with van der Waals surface area (Å²) in [7, 11) is -5.93. The number of halogens is 3. The zero-order valence-corrected chi connectivity index (χ0v) is 11.7. The summed E-state index contributed by atoms with van der Waals surface area (Å²) in [6, 6.07) is 0. The third-order valence-corrected chi connectivity index (χ3v) is 3.61. The first-order valence-electron chi connectivity index (χ1n) is 5.67. The lowest BCUT2D eigenvalue weighted by atomic mass is 10.2. The molecule has 0 aromatic carbocycles. The normalized spacial score (nSPS) is 29.2. The Morgan fingerprint density at radius 2 is 2.00 bits per heavy atom. The molecule has 1 saturated heterocycles. The minimum Gasteiger partial charge on any atom is -0.449 e. The Kier molecular flexibility index (Phi) is 3.71. The van der Waals surface area contributed by atoms with Gasteiger partial charge in [-0.1, -0.05) is 0 Å². The second-order valence-electron chi connectivity index (χ2n) is 4.75. The SMILES string of the molecule is CC1(C)OC[C@@H]([C@H]2C=C(OS(=O)(=O)C(F)(F)F)C(=O)O2)O1. The predicted octanol–water partition coefficient (Wildman–Crippen LogP) is 0.813. The Morgan fingerprint density at radius 1 is 1.38 bits per heavy atom. The van der Waals surface area contributed by atoms with Crippen molar-refractivity contribution in [2.24, 2.45) is 0 Å². The maximum absolute atomic E-state index is 12.2. The first kappa shape index (κ1) is 16.0. The molecule has 0 N–H and O–H groups in total. The average molecular weight is 332 g/mol. The number of cyclic esters (lactones) is 1. The molecule has 2 aliphatic rings. The van der Waals surface area contributed by atoms with Crippen LogP contribution in [0.1, 0.15) is 13.8 Å². The number of hydrogen-bond donors (Lipinski definition) is 0. The van der Waals surface area contributed by atoms with Gasteiger partial charge >= 0.3 is 21.6 Å². The summed E-state index contributed by atoms with van der Waals surface area (Å²) in [6.07, 6.45) is -1.03. The summed E-state index contributed by atoms with van der Waals surface area (Å²) >= 11 is 0. The highest BCUT2D eigenvalue weighted by Crippen LogP contribution is 2.32. The molecule has 120 valence electrons. The molecule has 0 amide bonds. The van der Waals surface area contributed by atoms with Gasteiger partial charge in [-0.15, -0.1) is 0 Å². The van der Waals surface area contributed by atoms with Crippen molar-refractivity contribution < 1.29 is 44.8 Å². The molecule has 2 rings (SSSR count). The van der Waals surface area contributed by atoms with Gasteiger partial charge in [0, 0.05) is 6.08 Å². The van der Waals surface area contributed by atoms with Crippen LogP contribution in [-0.2, 0) is 33.3 Å². The maximum atomic E-state index is 12.2. The van der Waals surface area contributed by atoms with E-state index in [0.29, 0.717) is 0 Å². The monoisotopic (exact) mass is 332 g/mol. The minimum absolute atomic E-state index is 0.0285. The van der Waals surface area contributed by atoms with Crippen LogP contribution < -0.4 is 0 Å². The number of alkyl halides is 3. The third-order valence-electron chi connectivity index (χ3n) is 2.64. The summed E-state index contributed by atoms with van der Waals surface area (Å²) in [5, 5.41) is 0. The van der Waals surface area contributed by atoms with Crippen LogP contribution in [0.3, 0.4) is 0 Å². The lowest BCUT2D eigenvalue weighted by Crippen LogP contribution is -2.30.